The second-order valence-electron chi connectivity index (χ2n) is 5.01. The average Bonchev–Trinajstić information content (AvgIpc) is 3.31. The highest BCUT2D eigenvalue weighted by Gasteiger charge is 2.34. The van der Waals surface area contributed by atoms with Gasteiger partial charge in [0.1, 0.15) is 0 Å². The van der Waals surface area contributed by atoms with Crippen molar-refractivity contribution in [2.75, 3.05) is 0 Å². The minimum Gasteiger partial charge on any atom is -0.331 e. The number of hydrogen-bond acceptors (Lipinski definition) is 1. The molecule has 1 saturated carbocycles. The monoisotopic (exact) mass is 251 g/mol. The highest BCUT2D eigenvalue weighted by molar-refractivity contribution is 5.53. The van der Waals surface area contributed by atoms with Crippen molar-refractivity contribution in [3.05, 3.63) is 71.8 Å². The fourth-order valence-electron chi connectivity index (χ4n) is 2.54. The van der Waals surface area contributed by atoms with Crippen LogP contribution in [0.15, 0.2) is 60.7 Å². The highest BCUT2D eigenvalue weighted by atomic mass is 16.1. The van der Waals surface area contributed by atoms with Crippen molar-refractivity contribution in [2.45, 2.75) is 24.9 Å². The van der Waals surface area contributed by atoms with Crippen LogP contribution in [0, 0.1) is 0 Å². The van der Waals surface area contributed by atoms with E-state index in [1.165, 1.54) is 11.1 Å². The van der Waals surface area contributed by atoms with E-state index in [1.54, 1.807) is 0 Å². The Kier molecular flexibility index (Phi) is 3.32. The molecule has 1 amide bonds. The van der Waals surface area contributed by atoms with Crippen LogP contribution < -0.4 is 0 Å². The molecule has 2 aromatic carbocycles. The molecule has 3 rings (SSSR count). The van der Waals surface area contributed by atoms with Crippen LogP contribution in [0.4, 0.5) is 0 Å². The van der Waals surface area contributed by atoms with Gasteiger partial charge in [-0.1, -0.05) is 60.7 Å². The van der Waals surface area contributed by atoms with Crippen LogP contribution in [0.1, 0.15) is 30.0 Å². The predicted octanol–water partition coefficient (Wildman–Crippen LogP) is 3.40. The number of amides is 1. The summed E-state index contributed by atoms with van der Waals surface area (Å²) in [5.41, 5.74) is 2.35. The first-order valence-electron chi connectivity index (χ1n) is 6.73. The summed E-state index contributed by atoms with van der Waals surface area (Å²) < 4.78 is 0. The largest absolute Gasteiger partial charge is 0.331 e. The zero-order chi connectivity index (χ0) is 13.1. The molecule has 0 aromatic heterocycles. The van der Waals surface area contributed by atoms with E-state index in [4.69, 9.17) is 0 Å². The Morgan fingerprint density at radius 3 is 1.74 bits per heavy atom. The molecule has 0 unspecified atom stereocenters. The molecule has 2 nitrogen and oxygen atoms in total. The molecule has 1 aliphatic rings. The van der Waals surface area contributed by atoms with Crippen LogP contribution in [-0.4, -0.2) is 17.4 Å². The zero-order valence-corrected chi connectivity index (χ0v) is 10.8. The van der Waals surface area contributed by atoms with E-state index in [-0.39, 0.29) is 6.04 Å². The lowest BCUT2D eigenvalue weighted by atomic mass is 9.97. The van der Waals surface area contributed by atoms with Gasteiger partial charge >= 0.3 is 0 Å². The summed E-state index contributed by atoms with van der Waals surface area (Å²) in [7, 11) is 0. The van der Waals surface area contributed by atoms with Crippen LogP contribution in [-0.2, 0) is 4.79 Å². The Hall–Kier alpha value is -2.09. The second-order valence-corrected chi connectivity index (χ2v) is 5.01. The van der Waals surface area contributed by atoms with Crippen molar-refractivity contribution in [3.63, 3.8) is 0 Å². The van der Waals surface area contributed by atoms with Crippen LogP contribution in [0.25, 0.3) is 0 Å². The Morgan fingerprint density at radius 1 is 0.895 bits per heavy atom. The van der Waals surface area contributed by atoms with Gasteiger partial charge in [-0.25, -0.2) is 0 Å². The molecule has 0 radical (unpaired) electrons. The van der Waals surface area contributed by atoms with E-state index < -0.39 is 0 Å². The average molecular weight is 251 g/mol. The second kappa shape index (κ2) is 5.27. The van der Waals surface area contributed by atoms with Gasteiger partial charge in [-0.15, -0.1) is 0 Å². The molecule has 1 aliphatic carbocycles. The summed E-state index contributed by atoms with van der Waals surface area (Å²) in [4.78, 5) is 13.5. The first kappa shape index (κ1) is 12.0. The van der Waals surface area contributed by atoms with Gasteiger partial charge in [0.05, 0.1) is 6.04 Å². The van der Waals surface area contributed by atoms with Crippen LogP contribution >= 0.6 is 0 Å². The summed E-state index contributed by atoms with van der Waals surface area (Å²) in [6.45, 7) is 0. The van der Waals surface area contributed by atoms with Crippen LogP contribution in [0.3, 0.4) is 0 Å². The Bertz CT molecular complexity index is 494. The number of carbonyl (C=O) groups is 1. The van der Waals surface area contributed by atoms with Crippen molar-refractivity contribution in [1.82, 2.24) is 4.90 Å². The fraction of sp³-hybridized carbons (Fsp3) is 0.235. The van der Waals surface area contributed by atoms with Crippen molar-refractivity contribution in [3.8, 4) is 0 Å². The molecule has 2 aromatic rings. The normalized spacial score (nSPS) is 14.4. The molecular weight excluding hydrogens is 234 g/mol. The quantitative estimate of drug-likeness (QED) is 0.746. The maximum absolute atomic E-state index is 11.5. The van der Waals surface area contributed by atoms with Crippen molar-refractivity contribution in [2.24, 2.45) is 0 Å². The molecule has 0 atom stereocenters. The van der Waals surface area contributed by atoms with Gasteiger partial charge in [0.25, 0.3) is 0 Å². The van der Waals surface area contributed by atoms with Gasteiger partial charge < -0.3 is 4.90 Å². The Morgan fingerprint density at radius 2 is 1.37 bits per heavy atom. The van der Waals surface area contributed by atoms with E-state index in [1.807, 2.05) is 41.3 Å². The number of benzene rings is 2. The molecular formula is C17H17NO. The number of nitrogens with zero attached hydrogens (tertiary/aromatic N) is 1. The zero-order valence-electron chi connectivity index (χ0n) is 10.8. The molecule has 0 heterocycles. The summed E-state index contributed by atoms with van der Waals surface area (Å²) in [5.74, 6) is 0. The van der Waals surface area contributed by atoms with Crippen molar-refractivity contribution in [1.29, 1.82) is 0 Å². The highest BCUT2D eigenvalue weighted by Crippen LogP contribution is 2.36. The topological polar surface area (TPSA) is 20.3 Å². The van der Waals surface area contributed by atoms with Crippen molar-refractivity contribution >= 4 is 6.41 Å². The van der Waals surface area contributed by atoms with Gasteiger partial charge in [-0.3, -0.25) is 4.79 Å². The standard InChI is InChI=1S/C17H17NO/c19-13-18(16-11-12-16)17(14-7-3-1-4-8-14)15-9-5-2-6-10-15/h1-10,13,16-17H,11-12H2. The molecule has 0 saturated heterocycles. The molecule has 0 spiro atoms. The minimum absolute atomic E-state index is 0.0346. The lowest BCUT2D eigenvalue weighted by molar-refractivity contribution is -0.120. The van der Waals surface area contributed by atoms with Crippen LogP contribution in [0.2, 0.25) is 0 Å². The number of carbonyl (C=O) groups excluding carboxylic acids is 1. The third-order valence-corrected chi connectivity index (χ3v) is 3.62. The van der Waals surface area contributed by atoms with Crippen molar-refractivity contribution < 1.29 is 4.79 Å². The summed E-state index contributed by atoms with van der Waals surface area (Å²) in [5, 5.41) is 0. The van der Waals surface area contributed by atoms with E-state index in [0.717, 1.165) is 19.3 Å². The third-order valence-electron chi connectivity index (χ3n) is 3.62. The smallest absolute Gasteiger partial charge is 0.210 e. The first-order chi connectivity index (χ1) is 9.40. The maximum Gasteiger partial charge on any atom is 0.210 e. The van der Waals surface area contributed by atoms with Gasteiger partial charge in [0, 0.05) is 6.04 Å². The fourth-order valence-corrected chi connectivity index (χ4v) is 2.54. The van der Waals surface area contributed by atoms with E-state index in [2.05, 4.69) is 24.3 Å². The molecule has 0 bridgehead atoms. The maximum atomic E-state index is 11.5. The molecule has 19 heavy (non-hydrogen) atoms. The molecule has 0 aliphatic heterocycles. The van der Waals surface area contributed by atoms with E-state index in [0.29, 0.717) is 6.04 Å². The molecule has 1 fully saturated rings. The third kappa shape index (κ3) is 2.53. The predicted molar refractivity (Wildman–Crippen MR) is 75.7 cm³/mol. The Labute approximate surface area is 113 Å². The Balaban J connectivity index is 2.02. The summed E-state index contributed by atoms with van der Waals surface area (Å²) >= 11 is 0. The summed E-state index contributed by atoms with van der Waals surface area (Å²) in [6.07, 6.45) is 3.24. The van der Waals surface area contributed by atoms with Gasteiger partial charge in [-0.2, -0.15) is 0 Å². The first-order valence-corrected chi connectivity index (χ1v) is 6.73. The number of rotatable bonds is 5. The van der Waals surface area contributed by atoms with E-state index >= 15 is 0 Å². The number of hydrogen-bond donors (Lipinski definition) is 0. The van der Waals surface area contributed by atoms with Gasteiger partial charge in [0.2, 0.25) is 6.41 Å². The van der Waals surface area contributed by atoms with Gasteiger partial charge in [-0.05, 0) is 24.0 Å². The van der Waals surface area contributed by atoms with Gasteiger partial charge in [0.15, 0.2) is 0 Å². The SMILES string of the molecule is O=CN(C1CC1)C(c1ccccc1)c1ccccc1. The van der Waals surface area contributed by atoms with E-state index in [9.17, 15) is 4.79 Å². The minimum atomic E-state index is 0.0346. The molecule has 2 heteroatoms. The molecule has 96 valence electrons. The lowest BCUT2D eigenvalue weighted by Crippen LogP contribution is -2.30. The van der Waals surface area contributed by atoms with Crippen LogP contribution in [0.5, 0.6) is 0 Å². The summed E-state index contributed by atoms with van der Waals surface area (Å²) in [6, 6.07) is 20.9. The molecule has 0 N–H and O–H groups in total. The lowest BCUT2D eigenvalue weighted by Gasteiger charge is -2.29.